The van der Waals surface area contributed by atoms with Crippen molar-refractivity contribution < 1.29 is 39.1 Å². The zero-order chi connectivity index (χ0) is 39.1. The predicted octanol–water partition coefficient (Wildman–Crippen LogP) is 9.40. The van der Waals surface area contributed by atoms with Gasteiger partial charge in [-0.05, 0) is 58.5 Å². The molecule has 0 saturated carbocycles. The summed E-state index contributed by atoms with van der Waals surface area (Å²) in [6, 6.07) is 30.6. The van der Waals surface area contributed by atoms with Crippen LogP contribution in [0.3, 0.4) is 0 Å². The summed E-state index contributed by atoms with van der Waals surface area (Å²) in [7, 11) is 4.70. The van der Waals surface area contributed by atoms with Crippen molar-refractivity contribution in [3.05, 3.63) is 143 Å². The minimum absolute atomic E-state index is 0.0450. The highest BCUT2D eigenvalue weighted by atomic mass is 32.2. The Hall–Kier alpha value is -4.54. The second-order valence-electron chi connectivity index (χ2n) is 11.5. The molecule has 9 heteroatoms. The van der Waals surface area contributed by atoms with E-state index >= 15 is 0 Å². The number of phenolic OH excluding ortho intramolecular Hbond substituents is 1. The normalized spacial score (nSPS) is 13.1. The number of carbonyl (C=O) groups excluding carboxylic acids is 1. The van der Waals surface area contributed by atoms with E-state index in [4.69, 9.17) is 29.2 Å². The lowest BCUT2D eigenvalue weighted by molar-refractivity contribution is -0.134. The van der Waals surface area contributed by atoms with E-state index in [1.807, 2.05) is 26.0 Å². The van der Waals surface area contributed by atoms with Crippen LogP contribution in [-0.2, 0) is 27.5 Å². The number of phenols is 1. The average Bonchev–Trinajstić information content (AvgIpc) is 3.22. The number of aromatic hydroxyl groups is 1. The third-order valence-electron chi connectivity index (χ3n) is 7.82. The highest BCUT2D eigenvalue weighted by Crippen LogP contribution is 2.50. The van der Waals surface area contributed by atoms with Crippen LogP contribution in [0.25, 0.3) is 0 Å². The molecule has 0 aromatic heterocycles. The Bertz CT molecular complexity index is 1650. The van der Waals surface area contributed by atoms with E-state index in [9.17, 15) is 9.90 Å². The van der Waals surface area contributed by atoms with Gasteiger partial charge in [0.05, 0.1) is 44.7 Å². The van der Waals surface area contributed by atoms with Gasteiger partial charge in [-0.15, -0.1) is 11.8 Å². The Morgan fingerprint density at radius 1 is 0.774 bits per heavy atom. The van der Waals surface area contributed by atoms with Crippen LogP contribution >= 0.6 is 11.8 Å². The number of aliphatic hydroxyl groups is 2. The summed E-state index contributed by atoms with van der Waals surface area (Å²) in [5, 5.41) is 27.2. The molecule has 0 heterocycles. The molecule has 1 aliphatic rings. The fourth-order valence-corrected chi connectivity index (χ4v) is 6.81. The molecule has 8 nitrogen and oxygen atoms in total. The number of hydrogen-bond donors (Lipinski definition) is 3. The van der Waals surface area contributed by atoms with Crippen LogP contribution in [0.15, 0.2) is 121 Å². The van der Waals surface area contributed by atoms with E-state index in [-0.39, 0.29) is 37.5 Å². The van der Waals surface area contributed by atoms with Gasteiger partial charge in [0.15, 0.2) is 23.0 Å². The van der Waals surface area contributed by atoms with Gasteiger partial charge in [-0.25, -0.2) is 0 Å². The van der Waals surface area contributed by atoms with Crippen molar-refractivity contribution >= 4 is 17.7 Å². The second-order valence-corrected chi connectivity index (χ2v) is 12.8. The first-order valence-electron chi connectivity index (χ1n) is 17.9. The maximum Gasteiger partial charge on any atom is 0.312 e. The van der Waals surface area contributed by atoms with Gasteiger partial charge in [0.1, 0.15) is 0 Å². The van der Waals surface area contributed by atoms with Gasteiger partial charge in [-0.3, -0.25) is 4.79 Å². The highest BCUT2D eigenvalue weighted by molar-refractivity contribution is 8.00. The van der Waals surface area contributed by atoms with Crippen LogP contribution in [0.5, 0.6) is 23.0 Å². The molecule has 53 heavy (non-hydrogen) atoms. The quantitative estimate of drug-likeness (QED) is 0.0910. The van der Waals surface area contributed by atoms with Crippen LogP contribution < -0.4 is 14.2 Å². The zero-order valence-electron chi connectivity index (χ0n) is 32.1. The van der Waals surface area contributed by atoms with E-state index in [0.717, 1.165) is 28.7 Å². The van der Waals surface area contributed by atoms with Crippen molar-refractivity contribution in [2.75, 3.05) is 27.1 Å². The van der Waals surface area contributed by atoms with Crippen LogP contribution in [0.4, 0.5) is 0 Å². The molecule has 0 fully saturated rings. The molecule has 0 aliphatic heterocycles. The lowest BCUT2D eigenvalue weighted by Crippen LogP contribution is -2.28. The largest absolute Gasteiger partial charge is 0.504 e. The van der Waals surface area contributed by atoms with Crippen molar-refractivity contribution in [3.8, 4) is 23.0 Å². The lowest BCUT2D eigenvalue weighted by atomic mass is 9.81. The first kappa shape index (κ1) is 44.6. The molecule has 1 unspecified atom stereocenters. The summed E-state index contributed by atoms with van der Waals surface area (Å²) < 4.78 is 20.8. The first-order valence-corrected chi connectivity index (χ1v) is 18.9. The number of rotatable bonds is 13. The Morgan fingerprint density at radius 2 is 1.30 bits per heavy atom. The molecule has 1 aliphatic carbocycles. The van der Waals surface area contributed by atoms with Gasteiger partial charge in [0, 0.05) is 12.9 Å². The molecule has 5 rings (SSSR count). The molecule has 4 aromatic rings. The van der Waals surface area contributed by atoms with Gasteiger partial charge in [-0.1, -0.05) is 125 Å². The maximum absolute atomic E-state index is 12.9. The summed E-state index contributed by atoms with van der Waals surface area (Å²) in [5.41, 5.74) is 4.87. The van der Waals surface area contributed by atoms with Crippen molar-refractivity contribution in [2.24, 2.45) is 0 Å². The van der Waals surface area contributed by atoms with E-state index in [1.54, 1.807) is 49.2 Å². The van der Waals surface area contributed by atoms with Crippen LogP contribution in [0.1, 0.15) is 69.2 Å². The average molecular weight is 745 g/mol. The van der Waals surface area contributed by atoms with Gasteiger partial charge >= 0.3 is 5.97 Å². The highest BCUT2D eigenvalue weighted by Gasteiger charge is 2.38. The lowest BCUT2D eigenvalue weighted by Gasteiger charge is -2.37. The molecule has 0 bridgehead atoms. The Labute approximate surface area is 320 Å². The van der Waals surface area contributed by atoms with Crippen LogP contribution in [0.2, 0.25) is 0 Å². The summed E-state index contributed by atoms with van der Waals surface area (Å²) in [6.07, 6.45) is 8.81. The first-order chi connectivity index (χ1) is 25.8. The topological polar surface area (TPSA) is 115 Å². The number of thioether (sulfide) groups is 1. The molecule has 0 saturated heterocycles. The Kier molecular flexibility index (Phi) is 20.8. The van der Waals surface area contributed by atoms with Gasteiger partial charge in [0.2, 0.25) is 0 Å². The third-order valence-corrected chi connectivity index (χ3v) is 9.36. The maximum atomic E-state index is 12.9. The number of ether oxygens (including phenoxy) is 4. The van der Waals surface area contributed by atoms with Gasteiger partial charge < -0.3 is 34.3 Å². The number of benzene rings is 4. The minimum Gasteiger partial charge on any atom is -0.504 e. The number of aliphatic hydroxyl groups excluding tert-OH is 2. The summed E-state index contributed by atoms with van der Waals surface area (Å²) in [4.78, 5) is 12.9. The minimum atomic E-state index is -0.502. The number of esters is 1. The van der Waals surface area contributed by atoms with Crippen molar-refractivity contribution in [3.63, 3.8) is 0 Å². The molecule has 286 valence electrons. The number of hydrogen-bond acceptors (Lipinski definition) is 9. The Balaban J connectivity index is 0.000000508. The molecule has 1 atom stereocenters. The SMILES string of the molecule is CC.CCC.COc1cc(CO)ccc1O.COc1cc(CO)ccc1OC(=O)CCSC(C1=CCC(OC)C=C1)(c1ccccc1)c1ccccc1. The fourth-order valence-electron chi connectivity index (χ4n) is 5.31. The fraction of sp³-hybridized carbons (Fsp3) is 0.341. The van der Waals surface area contributed by atoms with Gasteiger partial charge in [0.25, 0.3) is 0 Å². The number of carbonyl (C=O) groups is 1. The molecule has 0 radical (unpaired) electrons. The van der Waals surface area contributed by atoms with Crippen LogP contribution in [0, 0.1) is 0 Å². The number of allylic oxidation sites excluding steroid dienone is 1. The van der Waals surface area contributed by atoms with E-state index in [2.05, 4.69) is 80.6 Å². The smallest absolute Gasteiger partial charge is 0.312 e. The summed E-state index contributed by atoms with van der Waals surface area (Å²) in [5.74, 6) is 1.43. The van der Waals surface area contributed by atoms with E-state index in [1.165, 1.54) is 26.7 Å². The van der Waals surface area contributed by atoms with Crippen molar-refractivity contribution in [1.82, 2.24) is 0 Å². The third kappa shape index (κ3) is 13.1. The second kappa shape index (κ2) is 24.7. The number of methoxy groups -OCH3 is 3. The summed E-state index contributed by atoms with van der Waals surface area (Å²) >= 11 is 1.72. The predicted molar refractivity (Wildman–Crippen MR) is 216 cm³/mol. The summed E-state index contributed by atoms with van der Waals surface area (Å²) in [6.45, 7) is 8.09. The molecule has 0 spiro atoms. The van der Waals surface area contributed by atoms with E-state index in [0.29, 0.717) is 28.6 Å². The molecule has 3 N–H and O–H groups in total. The van der Waals surface area contributed by atoms with E-state index < -0.39 is 4.75 Å². The van der Waals surface area contributed by atoms with Crippen molar-refractivity contribution in [1.29, 1.82) is 0 Å². The van der Waals surface area contributed by atoms with Gasteiger partial charge in [-0.2, -0.15) is 0 Å². The molecular weight excluding hydrogens is 689 g/mol. The standard InChI is InChI=1S/C31H32O5S.C8H10O3.C3H8.C2H6/c1-34-27-16-14-26(15-17-27)31(24-9-5-3-6-10-24,25-11-7-4-8-12-25)37-20-19-30(33)36-28-18-13-23(22-32)21-29(28)35-2;1-11-8-4-6(5-9)2-3-7(8)10;1-3-2;1-2/h3-16,18,21,27,32H,17,19-20,22H2,1-2H3;2-4,9-10H,5H2,1H3;3H2,1-2H3;1-2H3. The molecule has 4 aromatic carbocycles. The Morgan fingerprint density at radius 3 is 1.77 bits per heavy atom. The van der Waals surface area contributed by atoms with Crippen molar-refractivity contribution in [2.45, 2.75) is 71.0 Å². The molecular formula is C44H56O8S. The molecule has 0 amide bonds. The zero-order valence-corrected chi connectivity index (χ0v) is 32.9. The monoisotopic (exact) mass is 744 g/mol. The van der Waals surface area contributed by atoms with Crippen LogP contribution in [-0.4, -0.2) is 54.5 Å².